The van der Waals surface area contributed by atoms with E-state index in [2.05, 4.69) is 24.0 Å². The summed E-state index contributed by atoms with van der Waals surface area (Å²) in [6, 6.07) is 10.5. The van der Waals surface area contributed by atoms with Gasteiger partial charge >= 0.3 is 0 Å². The third-order valence-electron chi connectivity index (χ3n) is 3.74. The number of hydrogen-bond donors (Lipinski definition) is 2. The molecule has 1 aliphatic rings. The Labute approximate surface area is 110 Å². The maximum absolute atomic E-state index is 10.0. The van der Waals surface area contributed by atoms with Crippen molar-refractivity contribution in [2.45, 2.75) is 44.2 Å². The van der Waals surface area contributed by atoms with E-state index in [0.29, 0.717) is 0 Å². The zero-order valence-corrected chi connectivity index (χ0v) is 10.9. The molecule has 0 aliphatic heterocycles. The van der Waals surface area contributed by atoms with Crippen LogP contribution in [0, 0.1) is 0 Å². The highest BCUT2D eigenvalue weighted by Gasteiger charge is 2.20. The van der Waals surface area contributed by atoms with Crippen LogP contribution in [-0.2, 0) is 0 Å². The van der Waals surface area contributed by atoms with Crippen molar-refractivity contribution >= 4 is 5.57 Å². The molecule has 98 valence electrons. The fraction of sp³-hybridized carbons (Fsp3) is 0.500. The van der Waals surface area contributed by atoms with Gasteiger partial charge in [-0.2, -0.15) is 0 Å². The van der Waals surface area contributed by atoms with Crippen LogP contribution in [0.5, 0.6) is 0 Å². The highest BCUT2D eigenvalue weighted by Crippen LogP contribution is 2.19. The molecule has 2 nitrogen and oxygen atoms in total. The van der Waals surface area contributed by atoms with Crippen molar-refractivity contribution in [2.24, 2.45) is 0 Å². The van der Waals surface area contributed by atoms with Crippen LogP contribution in [0.25, 0.3) is 5.57 Å². The standard InChI is InChI=1S/C16H23NO/c1-13(14-8-4-2-5-9-14)12-17-15-10-6-3-7-11-16(15)18/h2,4-5,8-9,15-18H,1,3,6-7,10-12H2. The molecule has 0 spiro atoms. The zero-order chi connectivity index (χ0) is 12.8. The van der Waals surface area contributed by atoms with E-state index >= 15 is 0 Å². The van der Waals surface area contributed by atoms with Gasteiger partial charge in [0.2, 0.25) is 0 Å². The molecule has 0 aromatic heterocycles. The Balaban J connectivity index is 1.85. The normalized spacial score (nSPS) is 24.5. The van der Waals surface area contributed by atoms with Gasteiger partial charge in [0.15, 0.2) is 0 Å². The van der Waals surface area contributed by atoms with Crippen LogP contribution in [0.1, 0.15) is 37.7 Å². The molecule has 1 aromatic rings. The SMILES string of the molecule is C=C(CNC1CCCCCC1O)c1ccccc1. The second-order valence-electron chi connectivity index (χ2n) is 5.16. The Morgan fingerprint density at radius 2 is 1.89 bits per heavy atom. The molecule has 0 amide bonds. The monoisotopic (exact) mass is 245 g/mol. The first-order chi connectivity index (χ1) is 8.77. The zero-order valence-electron chi connectivity index (χ0n) is 10.9. The van der Waals surface area contributed by atoms with Gasteiger partial charge in [0.25, 0.3) is 0 Å². The maximum Gasteiger partial charge on any atom is 0.0693 e. The van der Waals surface area contributed by atoms with Crippen LogP contribution in [0.15, 0.2) is 36.9 Å². The minimum absolute atomic E-state index is 0.198. The summed E-state index contributed by atoms with van der Waals surface area (Å²) in [5.41, 5.74) is 2.26. The largest absolute Gasteiger partial charge is 0.392 e. The molecule has 2 unspecified atom stereocenters. The lowest BCUT2D eigenvalue weighted by molar-refractivity contribution is 0.122. The molecule has 2 rings (SSSR count). The second kappa shape index (κ2) is 6.72. The second-order valence-corrected chi connectivity index (χ2v) is 5.16. The van der Waals surface area contributed by atoms with Gasteiger partial charge in [-0.1, -0.05) is 56.2 Å². The molecule has 1 saturated carbocycles. The first-order valence-electron chi connectivity index (χ1n) is 6.92. The quantitative estimate of drug-likeness (QED) is 0.799. The van der Waals surface area contributed by atoms with E-state index < -0.39 is 0 Å². The Hall–Kier alpha value is -1.12. The van der Waals surface area contributed by atoms with Crippen molar-refractivity contribution in [1.29, 1.82) is 0 Å². The van der Waals surface area contributed by atoms with Crippen molar-refractivity contribution in [2.75, 3.05) is 6.54 Å². The Morgan fingerprint density at radius 3 is 2.67 bits per heavy atom. The smallest absolute Gasteiger partial charge is 0.0693 e. The molecule has 1 aromatic carbocycles. The van der Waals surface area contributed by atoms with Crippen LogP contribution >= 0.6 is 0 Å². The number of aliphatic hydroxyl groups excluding tert-OH is 1. The predicted octanol–water partition coefficient (Wildman–Crippen LogP) is 2.98. The highest BCUT2D eigenvalue weighted by molar-refractivity contribution is 5.64. The molecule has 2 N–H and O–H groups in total. The molecule has 1 fully saturated rings. The summed E-state index contributed by atoms with van der Waals surface area (Å²) in [6.45, 7) is 4.87. The van der Waals surface area contributed by atoms with E-state index in [0.717, 1.165) is 31.4 Å². The van der Waals surface area contributed by atoms with Gasteiger partial charge in [-0.15, -0.1) is 0 Å². The highest BCUT2D eigenvalue weighted by atomic mass is 16.3. The van der Waals surface area contributed by atoms with Gasteiger partial charge in [-0.25, -0.2) is 0 Å². The molecule has 2 heteroatoms. The van der Waals surface area contributed by atoms with Crippen molar-refractivity contribution in [3.8, 4) is 0 Å². The summed E-state index contributed by atoms with van der Waals surface area (Å²) in [5.74, 6) is 0. The fourth-order valence-corrected chi connectivity index (χ4v) is 2.56. The van der Waals surface area contributed by atoms with Crippen LogP contribution in [0.4, 0.5) is 0 Å². The Kier molecular flexibility index (Phi) is 4.97. The molecule has 0 saturated heterocycles. The van der Waals surface area contributed by atoms with Gasteiger partial charge in [0, 0.05) is 12.6 Å². The third-order valence-corrected chi connectivity index (χ3v) is 3.74. The van der Waals surface area contributed by atoms with Gasteiger partial charge in [0.05, 0.1) is 6.10 Å². The summed E-state index contributed by atoms with van der Waals surface area (Å²) in [4.78, 5) is 0. The number of benzene rings is 1. The van der Waals surface area contributed by atoms with E-state index in [1.165, 1.54) is 18.4 Å². The van der Waals surface area contributed by atoms with E-state index in [-0.39, 0.29) is 12.1 Å². The number of aliphatic hydroxyl groups is 1. The lowest BCUT2D eigenvalue weighted by Gasteiger charge is -2.22. The lowest BCUT2D eigenvalue weighted by Crippen LogP contribution is -2.39. The predicted molar refractivity (Wildman–Crippen MR) is 76.4 cm³/mol. The Bertz CT molecular complexity index is 374. The summed E-state index contributed by atoms with van der Waals surface area (Å²) < 4.78 is 0. The summed E-state index contributed by atoms with van der Waals surface area (Å²) in [5, 5.41) is 13.5. The van der Waals surface area contributed by atoms with Crippen LogP contribution in [0.2, 0.25) is 0 Å². The van der Waals surface area contributed by atoms with Crippen molar-refractivity contribution < 1.29 is 5.11 Å². The first kappa shape index (κ1) is 13.3. The van der Waals surface area contributed by atoms with Gasteiger partial charge < -0.3 is 10.4 Å². The van der Waals surface area contributed by atoms with Crippen LogP contribution in [0.3, 0.4) is 0 Å². The minimum Gasteiger partial charge on any atom is -0.392 e. The fourth-order valence-electron chi connectivity index (χ4n) is 2.56. The molecule has 2 atom stereocenters. The van der Waals surface area contributed by atoms with E-state index in [9.17, 15) is 5.11 Å². The topological polar surface area (TPSA) is 32.3 Å². The average Bonchev–Trinajstić information content (AvgIpc) is 2.62. The van der Waals surface area contributed by atoms with E-state index in [1.54, 1.807) is 0 Å². The van der Waals surface area contributed by atoms with Gasteiger partial charge in [-0.05, 0) is 24.0 Å². The van der Waals surface area contributed by atoms with Crippen molar-refractivity contribution in [1.82, 2.24) is 5.32 Å². The lowest BCUT2D eigenvalue weighted by atomic mass is 10.0. The van der Waals surface area contributed by atoms with Crippen molar-refractivity contribution in [3.63, 3.8) is 0 Å². The first-order valence-corrected chi connectivity index (χ1v) is 6.92. The van der Waals surface area contributed by atoms with Gasteiger partial charge in [-0.3, -0.25) is 0 Å². The minimum atomic E-state index is -0.198. The molecule has 0 radical (unpaired) electrons. The third kappa shape index (κ3) is 3.69. The molecule has 1 aliphatic carbocycles. The molecule has 0 heterocycles. The number of nitrogens with one attached hydrogen (secondary N) is 1. The molecular weight excluding hydrogens is 222 g/mol. The number of rotatable bonds is 4. The molecular formula is C16H23NO. The summed E-state index contributed by atoms with van der Waals surface area (Å²) in [6.07, 6.45) is 5.41. The van der Waals surface area contributed by atoms with Crippen LogP contribution in [-0.4, -0.2) is 23.8 Å². The van der Waals surface area contributed by atoms with Crippen molar-refractivity contribution in [3.05, 3.63) is 42.5 Å². The van der Waals surface area contributed by atoms with E-state index in [4.69, 9.17) is 0 Å². The molecule has 0 bridgehead atoms. The van der Waals surface area contributed by atoms with Crippen LogP contribution < -0.4 is 5.32 Å². The molecule has 18 heavy (non-hydrogen) atoms. The summed E-state index contributed by atoms with van der Waals surface area (Å²) in [7, 11) is 0. The summed E-state index contributed by atoms with van der Waals surface area (Å²) >= 11 is 0. The van der Waals surface area contributed by atoms with Gasteiger partial charge in [0.1, 0.15) is 0 Å². The van der Waals surface area contributed by atoms with E-state index in [1.807, 2.05) is 18.2 Å². The average molecular weight is 245 g/mol. The number of hydrogen-bond acceptors (Lipinski definition) is 2. The maximum atomic E-state index is 10.0. The Morgan fingerprint density at radius 1 is 1.17 bits per heavy atom.